The summed E-state index contributed by atoms with van der Waals surface area (Å²) < 4.78 is 10.3. The van der Waals surface area contributed by atoms with Crippen LogP contribution in [0.25, 0.3) is 0 Å². The lowest BCUT2D eigenvalue weighted by Gasteiger charge is -2.22. The van der Waals surface area contributed by atoms with E-state index in [0.29, 0.717) is 0 Å². The number of methoxy groups -OCH3 is 2. The molecule has 1 rings (SSSR count). The SMILES string of the molecule is CNCCc1ccc(CN(CCCOC)CCOC)cc1. The summed E-state index contributed by atoms with van der Waals surface area (Å²) in [7, 11) is 5.50. The van der Waals surface area contributed by atoms with Gasteiger partial charge in [0.05, 0.1) is 6.61 Å². The smallest absolute Gasteiger partial charge is 0.0589 e. The number of hydrogen-bond acceptors (Lipinski definition) is 4. The first-order chi connectivity index (χ1) is 10.3. The Labute approximate surface area is 129 Å². The molecule has 0 saturated carbocycles. The van der Waals surface area contributed by atoms with Gasteiger partial charge < -0.3 is 14.8 Å². The summed E-state index contributed by atoms with van der Waals surface area (Å²) in [6, 6.07) is 8.94. The monoisotopic (exact) mass is 294 g/mol. The first kappa shape index (κ1) is 18.1. The standard InChI is InChI=1S/C17H30N2O2/c1-18-10-9-16-5-7-17(8-6-16)15-19(12-14-21-3)11-4-13-20-2/h5-8,18H,4,9-15H2,1-3H3. The van der Waals surface area contributed by atoms with Crippen molar-refractivity contribution in [3.8, 4) is 0 Å². The van der Waals surface area contributed by atoms with Crippen molar-refractivity contribution >= 4 is 0 Å². The maximum absolute atomic E-state index is 5.20. The van der Waals surface area contributed by atoms with Crippen LogP contribution < -0.4 is 5.32 Å². The van der Waals surface area contributed by atoms with Crippen LogP contribution in [0.3, 0.4) is 0 Å². The third-order valence-corrected chi connectivity index (χ3v) is 3.53. The van der Waals surface area contributed by atoms with Crippen molar-refractivity contribution in [3.63, 3.8) is 0 Å². The van der Waals surface area contributed by atoms with E-state index in [1.54, 1.807) is 14.2 Å². The van der Waals surface area contributed by atoms with Gasteiger partial charge in [-0.1, -0.05) is 24.3 Å². The molecule has 4 heteroatoms. The van der Waals surface area contributed by atoms with Crippen LogP contribution in [-0.2, 0) is 22.4 Å². The molecule has 4 nitrogen and oxygen atoms in total. The Morgan fingerprint density at radius 2 is 1.62 bits per heavy atom. The molecule has 0 amide bonds. The van der Waals surface area contributed by atoms with E-state index in [1.807, 2.05) is 7.05 Å². The average molecular weight is 294 g/mol. The number of ether oxygens (including phenoxy) is 2. The largest absolute Gasteiger partial charge is 0.385 e. The van der Waals surface area contributed by atoms with Gasteiger partial charge in [-0.3, -0.25) is 4.90 Å². The Morgan fingerprint density at radius 1 is 0.952 bits per heavy atom. The minimum absolute atomic E-state index is 0.771. The van der Waals surface area contributed by atoms with E-state index in [0.717, 1.165) is 52.2 Å². The second-order valence-corrected chi connectivity index (χ2v) is 5.29. The highest BCUT2D eigenvalue weighted by Crippen LogP contribution is 2.08. The second-order valence-electron chi connectivity index (χ2n) is 5.29. The second kappa shape index (κ2) is 11.7. The average Bonchev–Trinajstić information content (AvgIpc) is 2.52. The van der Waals surface area contributed by atoms with Crippen LogP contribution in [0, 0.1) is 0 Å². The van der Waals surface area contributed by atoms with Crippen LogP contribution in [0.4, 0.5) is 0 Å². The number of nitrogens with one attached hydrogen (secondary N) is 1. The van der Waals surface area contributed by atoms with Crippen LogP contribution in [-0.4, -0.2) is 59.0 Å². The highest BCUT2D eigenvalue weighted by atomic mass is 16.5. The summed E-state index contributed by atoms with van der Waals surface area (Å²) in [5.41, 5.74) is 2.74. The minimum atomic E-state index is 0.771. The molecule has 0 radical (unpaired) electrons. The van der Waals surface area contributed by atoms with E-state index < -0.39 is 0 Å². The van der Waals surface area contributed by atoms with Crippen molar-refractivity contribution < 1.29 is 9.47 Å². The van der Waals surface area contributed by atoms with Gasteiger partial charge >= 0.3 is 0 Å². The molecule has 0 aliphatic carbocycles. The number of rotatable bonds is 12. The fraction of sp³-hybridized carbons (Fsp3) is 0.647. The van der Waals surface area contributed by atoms with E-state index in [2.05, 4.69) is 34.5 Å². The Morgan fingerprint density at radius 3 is 2.24 bits per heavy atom. The van der Waals surface area contributed by atoms with Gasteiger partial charge in [0, 0.05) is 40.5 Å². The van der Waals surface area contributed by atoms with Gasteiger partial charge in [-0.25, -0.2) is 0 Å². The molecular weight excluding hydrogens is 264 g/mol. The molecular formula is C17H30N2O2. The molecule has 0 bridgehead atoms. The van der Waals surface area contributed by atoms with E-state index in [4.69, 9.17) is 9.47 Å². The van der Waals surface area contributed by atoms with Crippen molar-refractivity contribution in [1.29, 1.82) is 0 Å². The lowest BCUT2D eigenvalue weighted by atomic mass is 10.1. The number of benzene rings is 1. The molecule has 0 heterocycles. The molecule has 0 aliphatic rings. The molecule has 0 saturated heterocycles. The maximum atomic E-state index is 5.20. The van der Waals surface area contributed by atoms with E-state index >= 15 is 0 Å². The number of likely N-dealkylation sites (N-methyl/N-ethyl adjacent to an activating group) is 1. The summed E-state index contributed by atoms with van der Waals surface area (Å²) in [6.45, 7) is 5.58. The van der Waals surface area contributed by atoms with Crippen molar-refractivity contribution in [2.45, 2.75) is 19.4 Å². The van der Waals surface area contributed by atoms with Gasteiger partial charge in [-0.05, 0) is 37.6 Å². The van der Waals surface area contributed by atoms with Gasteiger partial charge in [0.2, 0.25) is 0 Å². The van der Waals surface area contributed by atoms with E-state index in [9.17, 15) is 0 Å². The van der Waals surface area contributed by atoms with Crippen LogP contribution in [0.1, 0.15) is 17.5 Å². The van der Waals surface area contributed by atoms with Gasteiger partial charge in [0.25, 0.3) is 0 Å². The van der Waals surface area contributed by atoms with Gasteiger partial charge in [0.15, 0.2) is 0 Å². The minimum Gasteiger partial charge on any atom is -0.385 e. The Hall–Kier alpha value is -0.940. The van der Waals surface area contributed by atoms with Crippen molar-refractivity contribution in [2.24, 2.45) is 0 Å². The van der Waals surface area contributed by atoms with E-state index in [1.165, 1.54) is 11.1 Å². The highest BCUT2D eigenvalue weighted by Gasteiger charge is 2.06. The molecule has 120 valence electrons. The Bertz CT molecular complexity index is 354. The third-order valence-electron chi connectivity index (χ3n) is 3.53. The normalized spacial score (nSPS) is 11.2. The van der Waals surface area contributed by atoms with Gasteiger partial charge in [-0.15, -0.1) is 0 Å². The predicted octanol–water partition coefficient (Wildman–Crippen LogP) is 1.93. The molecule has 0 spiro atoms. The van der Waals surface area contributed by atoms with Gasteiger partial charge in [-0.2, -0.15) is 0 Å². The van der Waals surface area contributed by atoms with Crippen molar-refractivity contribution in [1.82, 2.24) is 10.2 Å². The van der Waals surface area contributed by atoms with Crippen LogP contribution in [0.2, 0.25) is 0 Å². The molecule has 0 fully saturated rings. The lowest BCUT2D eigenvalue weighted by molar-refractivity contribution is 0.129. The zero-order chi connectivity index (χ0) is 15.3. The molecule has 21 heavy (non-hydrogen) atoms. The molecule has 0 aliphatic heterocycles. The number of nitrogens with zero attached hydrogens (tertiary/aromatic N) is 1. The molecule has 0 aromatic heterocycles. The summed E-state index contributed by atoms with van der Waals surface area (Å²) in [4.78, 5) is 2.42. The highest BCUT2D eigenvalue weighted by molar-refractivity contribution is 5.22. The number of hydrogen-bond donors (Lipinski definition) is 1. The van der Waals surface area contributed by atoms with Crippen molar-refractivity contribution in [3.05, 3.63) is 35.4 Å². The van der Waals surface area contributed by atoms with Crippen LogP contribution in [0.15, 0.2) is 24.3 Å². The molecule has 0 atom stereocenters. The summed E-state index contributed by atoms with van der Waals surface area (Å²) >= 11 is 0. The zero-order valence-electron chi connectivity index (χ0n) is 13.7. The summed E-state index contributed by atoms with van der Waals surface area (Å²) in [5, 5.41) is 3.18. The van der Waals surface area contributed by atoms with Crippen molar-refractivity contribution in [2.75, 3.05) is 54.1 Å². The first-order valence-electron chi connectivity index (χ1n) is 7.72. The van der Waals surface area contributed by atoms with Crippen LogP contribution in [0.5, 0.6) is 0 Å². The summed E-state index contributed by atoms with van der Waals surface area (Å²) in [6.07, 6.45) is 2.14. The fourth-order valence-electron chi connectivity index (χ4n) is 2.26. The Kier molecular flexibility index (Phi) is 10.1. The zero-order valence-corrected chi connectivity index (χ0v) is 13.7. The topological polar surface area (TPSA) is 33.7 Å². The predicted molar refractivity (Wildman–Crippen MR) is 87.7 cm³/mol. The lowest BCUT2D eigenvalue weighted by Crippen LogP contribution is -2.28. The van der Waals surface area contributed by atoms with E-state index in [-0.39, 0.29) is 0 Å². The third kappa shape index (κ3) is 8.17. The molecule has 1 N–H and O–H groups in total. The quantitative estimate of drug-likeness (QED) is 0.597. The maximum Gasteiger partial charge on any atom is 0.0589 e. The Balaban J connectivity index is 2.47. The van der Waals surface area contributed by atoms with Gasteiger partial charge in [0.1, 0.15) is 0 Å². The fourth-order valence-corrected chi connectivity index (χ4v) is 2.26. The first-order valence-corrected chi connectivity index (χ1v) is 7.72. The summed E-state index contributed by atoms with van der Waals surface area (Å²) in [5.74, 6) is 0. The molecule has 1 aromatic rings. The molecule has 1 aromatic carbocycles. The van der Waals surface area contributed by atoms with Crippen LogP contribution >= 0.6 is 0 Å². The molecule has 0 unspecified atom stereocenters.